The Hall–Kier alpha value is -2.72. The fourth-order valence-electron chi connectivity index (χ4n) is 2.98. The molecule has 0 saturated heterocycles. The number of imidazole rings is 1. The van der Waals surface area contributed by atoms with Gasteiger partial charge in [0.25, 0.3) is 0 Å². The molecule has 14 heteroatoms. The van der Waals surface area contributed by atoms with E-state index in [4.69, 9.17) is 27.6 Å². The Morgan fingerprint density at radius 1 is 1.34 bits per heavy atom. The predicted octanol–water partition coefficient (Wildman–Crippen LogP) is -0.529. The molecule has 1 unspecified atom stereocenters. The van der Waals surface area contributed by atoms with Gasteiger partial charge < -0.3 is 16.5 Å². The van der Waals surface area contributed by atoms with Gasteiger partial charge in [-0.05, 0) is 17.7 Å². The highest BCUT2D eigenvalue weighted by molar-refractivity contribution is 7.98. The molecule has 0 aliphatic heterocycles. The number of benzene rings is 2. The number of nitrogens with zero attached hydrogens (tertiary/aromatic N) is 3. The first kappa shape index (κ1) is 21.0. The number of fused-ring (bicyclic) bond motifs is 1. The molecule has 3 rings (SSSR count). The van der Waals surface area contributed by atoms with E-state index in [2.05, 4.69) is 20.6 Å². The number of aromatic nitrogens is 2. The van der Waals surface area contributed by atoms with Crippen molar-refractivity contribution in [1.29, 1.82) is 0 Å². The zero-order valence-corrected chi connectivity index (χ0v) is 16.6. The van der Waals surface area contributed by atoms with Crippen molar-refractivity contribution in [3.8, 4) is 11.1 Å². The average molecular weight is 437 g/mol. The SMILES string of the molecule is NCc1nc2c(-c3ccc(S(N)=O)c(N(O)SN)c3/C(N)=N/NN)cccc2[nH]1. The van der Waals surface area contributed by atoms with E-state index in [1.54, 1.807) is 6.07 Å². The highest BCUT2D eigenvalue weighted by Gasteiger charge is 2.25. The fraction of sp³-hybridized carbons (Fsp3) is 0.0667. The molecule has 0 amide bonds. The van der Waals surface area contributed by atoms with Crippen LogP contribution in [0.15, 0.2) is 40.3 Å². The number of nitrogens with one attached hydrogen (secondary N) is 2. The lowest BCUT2D eigenvalue weighted by atomic mass is 9.96. The van der Waals surface area contributed by atoms with Crippen LogP contribution in [0, 0.1) is 0 Å². The van der Waals surface area contributed by atoms with Crippen molar-refractivity contribution in [2.24, 2.45) is 32.7 Å². The van der Waals surface area contributed by atoms with Crippen molar-refractivity contribution < 1.29 is 9.42 Å². The minimum atomic E-state index is -1.95. The van der Waals surface area contributed by atoms with Gasteiger partial charge in [-0.25, -0.2) is 25.7 Å². The highest BCUT2D eigenvalue weighted by Crippen LogP contribution is 2.38. The lowest BCUT2D eigenvalue weighted by Crippen LogP contribution is -2.27. The van der Waals surface area contributed by atoms with E-state index >= 15 is 0 Å². The molecule has 13 N–H and O–H groups in total. The number of amidine groups is 1. The summed E-state index contributed by atoms with van der Waals surface area (Å²) in [6.45, 7) is 0.228. The van der Waals surface area contributed by atoms with Gasteiger partial charge in [0.15, 0.2) is 5.84 Å². The van der Waals surface area contributed by atoms with E-state index < -0.39 is 11.0 Å². The summed E-state index contributed by atoms with van der Waals surface area (Å²) in [5.41, 5.74) is 16.7. The van der Waals surface area contributed by atoms with Gasteiger partial charge in [0.1, 0.15) is 22.5 Å². The summed E-state index contributed by atoms with van der Waals surface area (Å²) in [4.78, 5) is 7.73. The number of hydrazone groups is 1. The predicted molar refractivity (Wildman–Crippen MR) is 114 cm³/mol. The molecule has 29 heavy (non-hydrogen) atoms. The third kappa shape index (κ3) is 3.90. The molecule has 12 nitrogen and oxygen atoms in total. The number of nitrogens with two attached hydrogens (primary N) is 5. The molecule has 1 atom stereocenters. The molecule has 2 aromatic carbocycles. The summed E-state index contributed by atoms with van der Waals surface area (Å²) in [6, 6.07) is 8.63. The smallest absolute Gasteiger partial charge is 0.155 e. The quantitative estimate of drug-likeness (QED) is 0.0776. The van der Waals surface area contributed by atoms with Gasteiger partial charge in [0.05, 0.1) is 40.2 Å². The summed E-state index contributed by atoms with van der Waals surface area (Å²) < 4.78 is 12.7. The maximum atomic E-state index is 12.1. The second kappa shape index (κ2) is 8.75. The summed E-state index contributed by atoms with van der Waals surface area (Å²) in [6.07, 6.45) is 0. The topological polar surface area (TPSA) is 224 Å². The zero-order chi connectivity index (χ0) is 21.1. The molecule has 1 aromatic heterocycles. The Balaban J connectivity index is 2.42. The molecule has 0 aliphatic carbocycles. The summed E-state index contributed by atoms with van der Waals surface area (Å²) in [5, 5.41) is 25.3. The molecule has 0 fully saturated rings. The molecule has 3 aromatic rings. The molecule has 1 heterocycles. The van der Waals surface area contributed by atoms with E-state index in [1.807, 2.05) is 18.2 Å². The number of H-pyrrole nitrogens is 1. The first-order valence-corrected chi connectivity index (χ1v) is 10.1. The van der Waals surface area contributed by atoms with Crippen LogP contribution in [0.5, 0.6) is 0 Å². The normalized spacial score (nSPS) is 12.9. The number of aromatic amines is 1. The van der Waals surface area contributed by atoms with Gasteiger partial charge in [0.2, 0.25) is 0 Å². The first-order valence-electron chi connectivity index (χ1n) is 8.09. The number of hydrazine groups is 1. The van der Waals surface area contributed by atoms with Crippen LogP contribution in [-0.2, 0) is 17.5 Å². The minimum Gasteiger partial charge on any atom is -0.382 e. The number of para-hydroxylation sites is 1. The van der Waals surface area contributed by atoms with Gasteiger partial charge in [-0.1, -0.05) is 18.2 Å². The third-order valence-electron chi connectivity index (χ3n) is 4.14. The van der Waals surface area contributed by atoms with E-state index in [9.17, 15) is 9.42 Å². The lowest BCUT2D eigenvalue weighted by molar-refractivity contribution is 0.330. The van der Waals surface area contributed by atoms with Crippen molar-refractivity contribution in [3.05, 3.63) is 41.7 Å². The van der Waals surface area contributed by atoms with Crippen molar-refractivity contribution in [2.75, 3.05) is 4.47 Å². The monoisotopic (exact) mass is 436 g/mol. The maximum Gasteiger partial charge on any atom is 0.155 e. The number of rotatable bonds is 7. The first-order chi connectivity index (χ1) is 13.9. The average Bonchev–Trinajstić information content (AvgIpc) is 3.15. The Labute approximate surface area is 172 Å². The van der Waals surface area contributed by atoms with Crippen LogP contribution < -0.4 is 37.6 Å². The molecule has 154 valence electrons. The van der Waals surface area contributed by atoms with Crippen molar-refractivity contribution in [3.63, 3.8) is 0 Å². The van der Waals surface area contributed by atoms with E-state index in [0.29, 0.717) is 39.1 Å². The van der Waals surface area contributed by atoms with Gasteiger partial charge in [-0.2, -0.15) is 4.47 Å². The fourth-order valence-corrected chi connectivity index (χ4v) is 3.92. The second-order valence-electron chi connectivity index (χ2n) is 5.73. The van der Waals surface area contributed by atoms with Gasteiger partial charge >= 0.3 is 0 Å². The van der Waals surface area contributed by atoms with Crippen LogP contribution in [0.3, 0.4) is 0 Å². The molecule has 0 bridgehead atoms. The highest BCUT2D eigenvalue weighted by atomic mass is 32.2. The Morgan fingerprint density at radius 3 is 2.72 bits per heavy atom. The summed E-state index contributed by atoms with van der Waals surface area (Å²) >= 11 is 0.473. The van der Waals surface area contributed by atoms with E-state index in [0.717, 1.165) is 5.52 Å². The number of hydrogen-bond acceptors (Lipinski definition) is 10. The van der Waals surface area contributed by atoms with E-state index in [-0.39, 0.29) is 28.5 Å². The van der Waals surface area contributed by atoms with Crippen LogP contribution in [-0.4, -0.2) is 25.2 Å². The van der Waals surface area contributed by atoms with Crippen LogP contribution in [0.25, 0.3) is 22.2 Å². The minimum absolute atomic E-state index is 0.0129. The van der Waals surface area contributed by atoms with E-state index in [1.165, 1.54) is 6.07 Å². The molecule has 0 radical (unpaired) electrons. The van der Waals surface area contributed by atoms with Crippen LogP contribution >= 0.6 is 12.1 Å². The second-order valence-corrected chi connectivity index (χ2v) is 7.32. The zero-order valence-electron chi connectivity index (χ0n) is 15.0. The van der Waals surface area contributed by atoms with Crippen molar-refractivity contribution in [1.82, 2.24) is 15.5 Å². The van der Waals surface area contributed by atoms with Gasteiger partial charge in [0, 0.05) is 5.56 Å². The summed E-state index contributed by atoms with van der Waals surface area (Å²) in [7, 11) is -1.95. The van der Waals surface area contributed by atoms with Gasteiger partial charge in [-0.3, -0.25) is 10.3 Å². The molecule has 0 spiro atoms. The molecular formula is C15H20N10O2S2. The Morgan fingerprint density at radius 2 is 2.10 bits per heavy atom. The number of hydrogen-bond donors (Lipinski definition) is 8. The lowest BCUT2D eigenvalue weighted by Gasteiger charge is -2.22. The largest absolute Gasteiger partial charge is 0.382 e. The third-order valence-corrected chi connectivity index (χ3v) is 5.28. The van der Waals surface area contributed by atoms with Gasteiger partial charge in [-0.15, -0.1) is 5.10 Å². The molecular weight excluding hydrogens is 416 g/mol. The number of anilines is 1. The van der Waals surface area contributed by atoms with Crippen LogP contribution in [0.2, 0.25) is 0 Å². The van der Waals surface area contributed by atoms with Crippen LogP contribution in [0.1, 0.15) is 11.4 Å². The summed E-state index contributed by atoms with van der Waals surface area (Å²) in [5.74, 6) is 5.79. The Kier molecular flexibility index (Phi) is 6.33. The molecule has 0 aliphatic rings. The maximum absolute atomic E-state index is 12.1. The molecule has 0 saturated carbocycles. The van der Waals surface area contributed by atoms with Crippen LogP contribution in [0.4, 0.5) is 5.69 Å². The standard InChI is InChI=1S/C15H20N10O2S2/c16-6-11-21-9-3-1-2-8(13(9)22-11)7-4-5-10(29(20)27)14(25(26)28-19)12(7)15(17)23-24-18/h1-5,24,26H,6,16,18-20H2,(H2,17,23)(H,21,22). The van der Waals surface area contributed by atoms with Crippen molar-refractivity contribution >= 4 is 45.7 Å². The Bertz CT molecular complexity index is 1100. The van der Waals surface area contributed by atoms with Crippen molar-refractivity contribution in [2.45, 2.75) is 11.4 Å².